The van der Waals surface area contributed by atoms with Crippen LogP contribution in [0.2, 0.25) is 10.0 Å². The predicted molar refractivity (Wildman–Crippen MR) is 114 cm³/mol. The summed E-state index contributed by atoms with van der Waals surface area (Å²) >= 11 is 12.2. The molecular weight excluding hydrogens is 411 g/mol. The normalized spacial score (nSPS) is 11.9. The zero-order valence-electron chi connectivity index (χ0n) is 16.5. The molecule has 29 heavy (non-hydrogen) atoms. The van der Waals surface area contributed by atoms with Gasteiger partial charge in [0.1, 0.15) is 5.75 Å². The fraction of sp³-hybridized carbons (Fsp3) is 0.273. The maximum atomic E-state index is 12.6. The summed E-state index contributed by atoms with van der Waals surface area (Å²) in [6, 6.07) is 12.6. The molecule has 1 aromatic heterocycles. The van der Waals surface area contributed by atoms with E-state index in [1.807, 2.05) is 37.3 Å². The second kappa shape index (κ2) is 9.33. The Labute approximate surface area is 180 Å². The summed E-state index contributed by atoms with van der Waals surface area (Å²) in [6.07, 6.45) is 2.37. The molecule has 1 heterocycles. The van der Waals surface area contributed by atoms with Crippen molar-refractivity contribution in [2.45, 2.75) is 25.8 Å². The van der Waals surface area contributed by atoms with Crippen molar-refractivity contribution in [1.29, 1.82) is 0 Å². The van der Waals surface area contributed by atoms with Crippen LogP contribution in [0.4, 0.5) is 0 Å². The molecule has 152 valence electrons. The lowest BCUT2D eigenvalue weighted by atomic mass is 10.1. The van der Waals surface area contributed by atoms with Gasteiger partial charge in [-0.3, -0.25) is 4.79 Å². The van der Waals surface area contributed by atoms with Gasteiger partial charge in [-0.1, -0.05) is 29.3 Å². The van der Waals surface area contributed by atoms with Crippen molar-refractivity contribution in [3.8, 4) is 17.1 Å². The topological polar surface area (TPSA) is 55.6 Å². The number of ether oxygens (including phenoxy) is 1. The fourth-order valence-corrected chi connectivity index (χ4v) is 3.54. The summed E-state index contributed by atoms with van der Waals surface area (Å²) in [5.41, 5.74) is 1.75. The van der Waals surface area contributed by atoms with E-state index in [0.29, 0.717) is 28.1 Å². The highest BCUT2D eigenvalue weighted by atomic mass is 35.5. The minimum Gasteiger partial charge on any atom is -0.497 e. The zero-order valence-corrected chi connectivity index (χ0v) is 18.0. The van der Waals surface area contributed by atoms with E-state index in [-0.39, 0.29) is 18.4 Å². The SMILES string of the molecule is COc1ccc(-c2cnc(CCC(=O)N(C)C(C)c3ccc(Cl)cc3Cl)o2)cc1. The van der Waals surface area contributed by atoms with E-state index in [2.05, 4.69) is 4.98 Å². The number of aryl methyl sites for hydroxylation is 1. The average Bonchev–Trinajstić information content (AvgIpc) is 3.20. The minimum atomic E-state index is -0.174. The van der Waals surface area contributed by atoms with Crippen molar-refractivity contribution in [2.75, 3.05) is 14.2 Å². The molecule has 0 spiro atoms. The maximum absolute atomic E-state index is 12.6. The van der Waals surface area contributed by atoms with Crippen LogP contribution < -0.4 is 4.74 Å². The number of hydrogen-bond acceptors (Lipinski definition) is 4. The smallest absolute Gasteiger partial charge is 0.223 e. The highest BCUT2D eigenvalue weighted by molar-refractivity contribution is 6.35. The lowest BCUT2D eigenvalue weighted by Gasteiger charge is -2.26. The van der Waals surface area contributed by atoms with Gasteiger partial charge in [0.15, 0.2) is 11.7 Å². The molecule has 0 saturated carbocycles. The molecule has 0 aliphatic heterocycles. The van der Waals surface area contributed by atoms with Gasteiger partial charge in [-0.25, -0.2) is 4.98 Å². The monoisotopic (exact) mass is 432 g/mol. The van der Waals surface area contributed by atoms with Crippen LogP contribution in [-0.2, 0) is 11.2 Å². The molecule has 5 nitrogen and oxygen atoms in total. The van der Waals surface area contributed by atoms with Crippen LogP contribution in [0, 0.1) is 0 Å². The maximum Gasteiger partial charge on any atom is 0.223 e. The van der Waals surface area contributed by atoms with E-state index in [1.54, 1.807) is 37.4 Å². The number of carbonyl (C=O) groups excluding carboxylic acids is 1. The van der Waals surface area contributed by atoms with E-state index in [9.17, 15) is 4.79 Å². The Morgan fingerprint density at radius 3 is 2.59 bits per heavy atom. The lowest BCUT2D eigenvalue weighted by molar-refractivity contribution is -0.131. The standard InChI is InChI=1S/C22H22Cl2N2O3/c1-14(18-9-6-16(23)12-19(18)24)26(2)22(27)11-10-21-25-13-20(29-21)15-4-7-17(28-3)8-5-15/h4-9,12-14H,10-11H2,1-3H3. The highest BCUT2D eigenvalue weighted by Gasteiger charge is 2.20. The van der Waals surface area contributed by atoms with Crippen LogP contribution in [0.15, 0.2) is 53.1 Å². The third kappa shape index (κ3) is 5.11. The summed E-state index contributed by atoms with van der Waals surface area (Å²) in [6.45, 7) is 1.93. The lowest BCUT2D eigenvalue weighted by Crippen LogP contribution is -2.30. The van der Waals surface area contributed by atoms with Gasteiger partial charge >= 0.3 is 0 Å². The number of methoxy groups -OCH3 is 1. The molecular formula is C22H22Cl2N2O3. The Hall–Kier alpha value is -2.50. The molecule has 3 rings (SSSR count). The molecule has 0 fully saturated rings. The molecule has 1 unspecified atom stereocenters. The Bertz CT molecular complexity index is 986. The number of carbonyl (C=O) groups is 1. The molecule has 0 saturated heterocycles. The number of halogens is 2. The second-order valence-corrected chi connectivity index (χ2v) is 7.54. The highest BCUT2D eigenvalue weighted by Crippen LogP contribution is 2.29. The Morgan fingerprint density at radius 1 is 1.21 bits per heavy atom. The average molecular weight is 433 g/mol. The molecule has 0 aliphatic carbocycles. The Kier molecular flexibility index (Phi) is 6.83. The number of benzene rings is 2. The largest absolute Gasteiger partial charge is 0.497 e. The third-order valence-electron chi connectivity index (χ3n) is 4.87. The summed E-state index contributed by atoms with van der Waals surface area (Å²) < 4.78 is 11.0. The van der Waals surface area contributed by atoms with Crippen molar-refractivity contribution in [1.82, 2.24) is 9.88 Å². The van der Waals surface area contributed by atoms with Crippen LogP contribution in [0.3, 0.4) is 0 Å². The zero-order chi connectivity index (χ0) is 21.0. The van der Waals surface area contributed by atoms with Gasteiger partial charge in [-0.2, -0.15) is 0 Å². The van der Waals surface area contributed by atoms with Gasteiger partial charge in [0.25, 0.3) is 0 Å². The van der Waals surface area contributed by atoms with E-state index >= 15 is 0 Å². The molecule has 7 heteroatoms. The van der Waals surface area contributed by atoms with E-state index in [4.69, 9.17) is 32.4 Å². The van der Waals surface area contributed by atoms with Crippen molar-refractivity contribution >= 4 is 29.1 Å². The quantitative estimate of drug-likeness (QED) is 0.472. The Balaban J connectivity index is 1.60. The second-order valence-electron chi connectivity index (χ2n) is 6.69. The van der Waals surface area contributed by atoms with Crippen molar-refractivity contribution < 1.29 is 13.9 Å². The summed E-state index contributed by atoms with van der Waals surface area (Å²) in [5, 5.41) is 1.11. The van der Waals surface area contributed by atoms with Crippen LogP contribution in [0.5, 0.6) is 5.75 Å². The minimum absolute atomic E-state index is 0.0206. The van der Waals surface area contributed by atoms with Crippen LogP contribution in [0.1, 0.15) is 30.8 Å². The van der Waals surface area contributed by atoms with Gasteiger partial charge in [-0.15, -0.1) is 0 Å². The van der Waals surface area contributed by atoms with Crippen LogP contribution in [-0.4, -0.2) is 29.9 Å². The van der Waals surface area contributed by atoms with Gasteiger partial charge < -0.3 is 14.1 Å². The number of aromatic nitrogens is 1. The third-order valence-corrected chi connectivity index (χ3v) is 5.43. The van der Waals surface area contributed by atoms with Crippen molar-refractivity contribution in [2.24, 2.45) is 0 Å². The molecule has 0 bridgehead atoms. The molecule has 0 aliphatic rings. The van der Waals surface area contributed by atoms with Gasteiger partial charge in [0.2, 0.25) is 5.91 Å². The van der Waals surface area contributed by atoms with Crippen LogP contribution >= 0.6 is 23.2 Å². The first kappa shape index (κ1) is 21.2. The van der Waals surface area contributed by atoms with E-state index in [1.165, 1.54) is 0 Å². The van der Waals surface area contributed by atoms with E-state index in [0.717, 1.165) is 16.9 Å². The molecule has 2 aromatic carbocycles. The van der Waals surface area contributed by atoms with Crippen molar-refractivity contribution in [3.05, 3.63) is 70.2 Å². The summed E-state index contributed by atoms with van der Waals surface area (Å²) in [5.74, 6) is 1.93. The van der Waals surface area contributed by atoms with E-state index < -0.39 is 0 Å². The number of nitrogens with zero attached hydrogens (tertiary/aromatic N) is 2. The predicted octanol–water partition coefficient (Wildman–Crippen LogP) is 5.81. The number of hydrogen-bond donors (Lipinski definition) is 0. The molecule has 1 amide bonds. The van der Waals surface area contributed by atoms with Gasteiger partial charge in [0.05, 0.1) is 19.3 Å². The molecule has 3 aromatic rings. The molecule has 0 radical (unpaired) electrons. The first-order valence-corrected chi connectivity index (χ1v) is 9.94. The Morgan fingerprint density at radius 2 is 1.93 bits per heavy atom. The molecule has 0 N–H and O–H groups in total. The number of amides is 1. The van der Waals surface area contributed by atoms with Crippen LogP contribution in [0.25, 0.3) is 11.3 Å². The van der Waals surface area contributed by atoms with Gasteiger partial charge in [0, 0.05) is 35.5 Å². The molecule has 1 atom stereocenters. The van der Waals surface area contributed by atoms with Crippen molar-refractivity contribution in [3.63, 3.8) is 0 Å². The first-order chi connectivity index (χ1) is 13.9. The number of rotatable bonds is 7. The number of oxazole rings is 1. The summed E-state index contributed by atoms with van der Waals surface area (Å²) in [7, 11) is 3.38. The van der Waals surface area contributed by atoms with Gasteiger partial charge in [-0.05, 0) is 48.9 Å². The first-order valence-electron chi connectivity index (χ1n) is 9.18. The summed E-state index contributed by atoms with van der Waals surface area (Å²) in [4.78, 5) is 18.6. The fourth-order valence-electron chi connectivity index (χ4n) is 2.97.